The first kappa shape index (κ1) is 15.8. The number of imidazole rings is 1. The quantitative estimate of drug-likeness (QED) is 0.699. The van der Waals surface area contributed by atoms with Crippen molar-refractivity contribution in [2.24, 2.45) is 0 Å². The van der Waals surface area contributed by atoms with Gasteiger partial charge in [-0.1, -0.05) is 23.4 Å². The van der Waals surface area contributed by atoms with Gasteiger partial charge in [-0.3, -0.25) is 0 Å². The molecule has 0 amide bonds. The maximum atomic E-state index is 5.99. The molecule has 0 radical (unpaired) electrons. The van der Waals surface area contributed by atoms with Gasteiger partial charge in [0.25, 0.3) is 0 Å². The van der Waals surface area contributed by atoms with E-state index in [2.05, 4.69) is 24.9 Å². The van der Waals surface area contributed by atoms with Crippen LogP contribution in [0.15, 0.2) is 23.4 Å². The third-order valence-corrected chi connectivity index (χ3v) is 4.35. The summed E-state index contributed by atoms with van der Waals surface area (Å²) >= 11 is 7.51. The number of hydrogen-bond acceptors (Lipinski definition) is 7. The molecule has 1 unspecified atom stereocenters. The molecule has 120 valence electrons. The van der Waals surface area contributed by atoms with Crippen LogP contribution in [0.4, 0.5) is 11.9 Å². The lowest BCUT2D eigenvalue weighted by Gasteiger charge is -2.13. The van der Waals surface area contributed by atoms with Crippen molar-refractivity contribution in [2.75, 3.05) is 24.7 Å². The van der Waals surface area contributed by atoms with E-state index in [1.165, 1.54) is 11.8 Å². The summed E-state index contributed by atoms with van der Waals surface area (Å²) in [7, 11) is 3.72. The van der Waals surface area contributed by atoms with Crippen LogP contribution in [0.3, 0.4) is 0 Å². The number of fused-ring (bicyclic) bond motifs is 1. The van der Waals surface area contributed by atoms with E-state index in [-0.39, 0.29) is 11.2 Å². The molecule has 23 heavy (non-hydrogen) atoms. The van der Waals surface area contributed by atoms with Crippen molar-refractivity contribution in [3.05, 3.63) is 29.0 Å². The molecule has 3 N–H and O–H groups in total. The minimum atomic E-state index is -0.0324. The van der Waals surface area contributed by atoms with Crippen molar-refractivity contribution in [1.29, 1.82) is 0 Å². The second-order valence-electron chi connectivity index (χ2n) is 5.21. The Labute approximate surface area is 142 Å². The molecule has 9 heteroatoms. The lowest BCUT2D eigenvalue weighted by atomic mass is 10.3. The van der Waals surface area contributed by atoms with E-state index in [1.807, 2.05) is 39.2 Å². The third kappa shape index (κ3) is 3.48. The lowest BCUT2D eigenvalue weighted by Crippen LogP contribution is -2.16. The van der Waals surface area contributed by atoms with Gasteiger partial charge in [0.05, 0.1) is 16.3 Å². The average molecular weight is 350 g/mol. The van der Waals surface area contributed by atoms with Gasteiger partial charge in [-0.05, 0) is 25.1 Å². The Bertz CT molecular complexity index is 848. The number of nitrogen functional groups attached to an aromatic ring is 1. The van der Waals surface area contributed by atoms with E-state index in [9.17, 15) is 0 Å². The van der Waals surface area contributed by atoms with Gasteiger partial charge in [0.2, 0.25) is 11.9 Å². The van der Waals surface area contributed by atoms with Crippen molar-refractivity contribution in [3.8, 4) is 0 Å². The first-order valence-corrected chi connectivity index (χ1v) is 8.19. The number of rotatable bonds is 4. The molecule has 0 saturated heterocycles. The van der Waals surface area contributed by atoms with Gasteiger partial charge < -0.3 is 15.6 Å². The first-order chi connectivity index (χ1) is 10.9. The minimum Gasteiger partial charge on any atom is -0.368 e. The van der Waals surface area contributed by atoms with Crippen LogP contribution in [0.2, 0.25) is 5.02 Å². The van der Waals surface area contributed by atoms with E-state index in [0.717, 1.165) is 16.2 Å². The fourth-order valence-electron chi connectivity index (χ4n) is 2.01. The molecular formula is C14H16ClN7S. The summed E-state index contributed by atoms with van der Waals surface area (Å²) in [5, 5.41) is 1.42. The number of halogens is 1. The van der Waals surface area contributed by atoms with Gasteiger partial charge in [0.15, 0.2) is 5.16 Å². The van der Waals surface area contributed by atoms with Crippen LogP contribution in [-0.4, -0.2) is 39.0 Å². The Hall–Kier alpha value is -2.06. The average Bonchev–Trinajstić information content (AvgIpc) is 2.87. The maximum Gasteiger partial charge on any atom is 0.229 e. The zero-order chi connectivity index (χ0) is 16.6. The number of aromatic amines is 1. The highest BCUT2D eigenvalue weighted by molar-refractivity contribution is 7.99. The molecule has 0 aliphatic carbocycles. The molecule has 0 saturated carbocycles. The highest BCUT2D eigenvalue weighted by Gasteiger charge is 2.16. The normalized spacial score (nSPS) is 12.5. The first-order valence-electron chi connectivity index (χ1n) is 6.93. The monoisotopic (exact) mass is 349 g/mol. The summed E-state index contributed by atoms with van der Waals surface area (Å²) in [5.74, 6) is 1.36. The Morgan fingerprint density at radius 3 is 2.74 bits per heavy atom. The second-order valence-corrected chi connectivity index (χ2v) is 6.98. The summed E-state index contributed by atoms with van der Waals surface area (Å²) < 4.78 is 0. The van der Waals surface area contributed by atoms with Crippen LogP contribution in [0.25, 0.3) is 11.0 Å². The number of aromatic nitrogens is 5. The van der Waals surface area contributed by atoms with Crippen molar-refractivity contribution >= 4 is 46.3 Å². The predicted octanol–water partition coefficient (Wildman–Crippen LogP) is 2.90. The van der Waals surface area contributed by atoms with Gasteiger partial charge in [0, 0.05) is 19.1 Å². The van der Waals surface area contributed by atoms with Crippen LogP contribution < -0.4 is 10.6 Å². The number of anilines is 2. The fraction of sp³-hybridized carbons (Fsp3) is 0.286. The molecule has 2 aromatic heterocycles. The second kappa shape index (κ2) is 6.21. The molecule has 0 fully saturated rings. The molecular weight excluding hydrogens is 334 g/mol. The van der Waals surface area contributed by atoms with E-state index in [0.29, 0.717) is 16.8 Å². The molecule has 0 bridgehead atoms. The smallest absolute Gasteiger partial charge is 0.229 e. The van der Waals surface area contributed by atoms with Gasteiger partial charge in [0.1, 0.15) is 5.82 Å². The number of H-pyrrole nitrogens is 1. The Morgan fingerprint density at radius 1 is 1.22 bits per heavy atom. The Balaban J connectivity index is 1.86. The molecule has 3 rings (SSSR count). The molecule has 0 aliphatic heterocycles. The van der Waals surface area contributed by atoms with Crippen molar-refractivity contribution in [3.63, 3.8) is 0 Å². The zero-order valence-electron chi connectivity index (χ0n) is 12.9. The molecule has 0 aliphatic rings. The van der Waals surface area contributed by atoms with Crippen molar-refractivity contribution in [2.45, 2.75) is 17.3 Å². The van der Waals surface area contributed by atoms with Crippen LogP contribution in [0.5, 0.6) is 0 Å². The number of benzene rings is 1. The standard InChI is InChI=1S/C14H16ClN7S/c1-7(11-19-12(16)21-13(20-11)22(2)3)23-14-17-9-5-4-8(15)6-10(9)18-14/h4-7H,1-3H3,(H,17,18)(H2,16,19,20,21). The topological polar surface area (TPSA) is 96.6 Å². The van der Waals surface area contributed by atoms with Crippen LogP contribution in [0, 0.1) is 0 Å². The third-order valence-electron chi connectivity index (χ3n) is 3.13. The largest absolute Gasteiger partial charge is 0.368 e. The molecule has 1 aromatic carbocycles. The summed E-state index contributed by atoms with van der Waals surface area (Å²) in [6, 6.07) is 5.55. The fourth-order valence-corrected chi connectivity index (χ4v) is 3.05. The summed E-state index contributed by atoms with van der Waals surface area (Å²) in [6.07, 6.45) is 0. The highest BCUT2D eigenvalue weighted by atomic mass is 35.5. The summed E-state index contributed by atoms with van der Waals surface area (Å²) in [4.78, 5) is 22.3. The van der Waals surface area contributed by atoms with Gasteiger partial charge in [-0.2, -0.15) is 15.0 Å². The minimum absolute atomic E-state index is 0.0324. The maximum absolute atomic E-state index is 5.99. The van der Waals surface area contributed by atoms with Crippen molar-refractivity contribution in [1.82, 2.24) is 24.9 Å². The Morgan fingerprint density at radius 2 is 2.00 bits per heavy atom. The number of thioether (sulfide) groups is 1. The molecule has 0 spiro atoms. The van der Waals surface area contributed by atoms with Crippen LogP contribution >= 0.6 is 23.4 Å². The highest BCUT2D eigenvalue weighted by Crippen LogP contribution is 2.33. The molecule has 1 atom stereocenters. The molecule has 2 heterocycles. The molecule has 7 nitrogen and oxygen atoms in total. The number of nitrogens with zero attached hydrogens (tertiary/aromatic N) is 5. The van der Waals surface area contributed by atoms with Crippen LogP contribution in [-0.2, 0) is 0 Å². The number of nitrogens with two attached hydrogens (primary N) is 1. The SMILES string of the molecule is CC(Sc1nc2ccc(Cl)cc2[nH]1)c1nc(N)nc(N(C)C)n1. The lowest BCUT2D eigenvalue weighted by molar-refractivity contribution is 0.861. The van der Waals surface area contributed by atoms with E-state index in [4.69, 9.17) is 17.3 Å². The van der Waals surface area contributed by atoms with Gasteiger partial charge >= 0.3 is 0 Å². The number of hydrogen-bond donors (Lipinski definition) is 2. The number of nitrogens with one attached hydrogen (secondary N) is 1. The predicted molar refractivity (Wildman–Crippen MR) is 93.9 cm³/mol. The van der Waals surface area contributed by atoms with E-state index >= 15 is 0 Å². The van der Waals surface area contributed by atoms with Gasteiger partial charge in [-0.15, -0.1) is 0 Å². The summed E-state index contributed by atoms with van der Waals surface area (Å²) in [5.41, 5.74) is 7.54. The summed E-state index contributed by atoms with van der Waals surface area (Å²) in [6.45, 7) is 2.00. The van der Waals surface area contributed by atoms with Crippen LogP contribution in [0.1, 0.15) is 18.0 Å². The van der Waals surface area contributed by atoms with Gasteiger partial charge in [-0.25, -0.2) is 4.98 Å². The van der Waals surface area contributed by atoms with E-state index < -0.39 is 0 Å². The molecule has 3 aromatic rings. The zero-order valence-corrected chi connectivity index (χ0v) is 14.5. The van der Waals surface area contributed by atoms with E-state index in [1.54, 1.807) is 4.90 Å². The van der Waals surface area contributed by atoms with Crippen molar-refractivity contribution < 1.29 is 0 Å². The Kier molecular flexibility index (Phi) is 4.27.